The van der Waals surface area contributed by atoms with E-state index in [1.54, 1.807) is 0 Å². The molecule has 6 heteroatoms. The first kappa shape index (κ1) is 15.3. The van der Waals surface area contributed by atoms with Crippen LogP contribution in [0.25, 0.3) is 0 Å². The van der Waals surface area contributed by atoms with Crippen LogP contribution in [-0.4, -0.2) is 34.1 Å². The largest absolute Gasteiger partial charge is 0.329 e. The summed E-state index contributed by atoms with van der Waals surface area (Å²) in [6.45, 7) is 6.99. The zero-order valence-corrected chi connectivity index (χ0v) is 12.9. The normalized spacial score (nSPS) is 17.6. The van der Waals surface area contributed by atoms with E-state index in [2.05, 4.69) is 16.8 Å². The van der Waals surface area contributed by atoms with Crippen molar-refractivity contribution in [3.63, 3.8) is 0 Å². The van der Waals surface area contributed by atoms with Crippen molar-refractivity contribution in [2.45, 2.75) is 45.6 Å². The predicted octanol–water partition coefficient (Wildman–Crippen LogP) is 1.80. The summed E-state index contributed by atoms with van der Waals surface area (Å²) >= 11 is 5.93. The molecule has 1 aromatic heterocycles. The topological polar surface area (TPSA) is 58.1 Å². The Morgan fingerprint density at radius 1 is 1.25 bits per heavy atom. The van der Waals surface area contributed by atoms with Crippen molar-refractivity contribution in [3.05, 3.63) is 31.6 Å². The molecule has 1 aliphatic rings. The van der Waals surface area contributed by atoms with E-state index in [0.29, 0.717) is 12.0 Å². The van der Waals surface area contributed by atoms with Gasteiger partial charge in [0.15, 0.2) is 0 Å². The van der Waals surface area contributed by atoms with Crippen LogP contribution in [0.4, 0.5) is 0 Å². The van der Waals surface area contributed by atoms with Gasteiger partial charge < -0.3 is 4.90 Å². The van der Waals surface area contributed by atoms with E-state index in [0.717, 1.165) is 38.9 Å². The maximum Gasteiger partial charge on any atom is 0.329 e. The summed E-state index contributed by atoms with van der Waals surface area (Å²) in [4.78, 5) is 29.4. The molecule has 2 rings (SSSR count). The fourth-order valence-electron chi connectivity index (χ4n) is 2.92. The van der Waals surface area contributed by atoms with Crippen LogP contribution in [0.5, 0.6) is 0 Å². The van der Waals surface area contributed by atoms with Crippen molar-refractivity contribution < 1.29 is 0 Å². The molecule has 20 heavy (non-hydrogen) atoms. The maximum atomic E-state index is 12.4. The van der Waals surface area contributed by atoms with Crippen molar-refractivity contribution >= 4 is 11.6 Å². The Morgan fingerprint density at radius 3 is 2.45 bits per heavy atom. The Morgan fingerprint density at radius 2 is 1.90 bits per heavy atom. The first-order valence-electron chi connectivity index (χ1n) is 7.34. The number of piperidine rings is 1. The summed E-state index contributed by atoms with van der Waals surface area (Å²) in [5.74, 6) is 0. The van der Waals surface area contributed by atoms with E-state index in [4.69, 9.17) is 11.6 Å². The highest BCUT2D eigenvalue weighted by atomic mass is 35.5. The second-order valence-corrected chi connectivity index (χ2v) is 5.70. The van der Waals surface area contributed by atoms with Gasteiger partial charge >= 0.3 is 5.69 Å². The van der Waals surface area contributed by atoms with Crippen LogP contribution < -0.4 is 11.2 Å². The number of nitrogens with one attached hydrogen (secondary N) is 1. The summed E-state index contributed by atoms with van der Waals surface area (Å²) < 4.78 is 1.37. The Hall–Kier alpha value is -1.07. The van der Waals surface area contributed by atoms with Gasteiger partial charge in [-0.25, -0.2) is 4.79 Å². The van der Waals surface area contributed by atoms with Gasteiger partial charge in [0, 0.05) is 19.1 Å². The number of H-pyrrole nitrogens is 1. The molecular weight excluding hydrogens is 278 g/mol. The van der Waals surface area contributed by atoms with Gasteiger partial charge in [-0.1, -0.05) is 25.4 Å². The SMILES string of the molecule is CCCN1CCC(n2c(=O)[nH]c(Cl)c(CC)c2=O)CC1. The molecule has 0 aliphatic carbocycles. The van der Waals surface area contributed by atoms with Crippen molar-refractivity contribution in [3.8, 4) is 0 Å². The fourth-order valence-corrected chi connectivity index (χ4v) is 3.21. The lowest BCUT2D eigenvalue weighted by Gasteiger charge is -2.32. The molecule has 0 amide bonds. The van der Waals surface area contributed by atoms with Crippen LogP contribution in [0.1, 0.15) is 44.7 Å². The van der Waals surface area contributed by atoms with Gasteiger partial charge in [0.2, 0.25) is 0 Å². The highest BCUT2D eigenvalue weighted by Gasteiger charge is 2.24. The Balaban J connectivity index is 2.27. The van der Waals surface area contributed by atoms with E-state index in [9.17, 15) is 9.59 Å². The average Bonchev–Trinajstić information content (AvgIpc) is 2.41. The molecule has 0 saturated carbocycles. The van der Waals surface area contributed by atoms with Crippen LogP contribution >= 0.6 is 11.6 Å². The van der Waals surface area contributed by atoms with Crippen LogP contribution in [0.15, 0.2) is 9.59 Å². The van der Waals surface area contributed by atoms with Gasteiger partial charge in [-0.05, 0) is 32.2 Å². The van der Waals surface area contributed by atoms with Gasteiger partial charge in [-0.2, -0.15) is 0 Å². The molecule has 0 atom stereocenters. The lowest BCUT2D eigenvalue weighted by Crippen LogP contribution is -2.44. The summed E-state index contributed by atoms with van der Waals surface area (Å²) in [6, 6.07) is -0.0121. The third kappa shape index (κ3) is 2.99. The summed E-state index contributed by atoms with van der Waals surface area (Å²) in [6.07, 6.45) is 3.34. The lowest BCUT2D eigenvalue weighted by atomic mass is 10.0. The molecule has 0 spiro atoms. The summed E-state index contributed by atoms with van der Waals surface area (Å²) in [5, 5.41) is 0.183. The molecule has 0 unspecified atom stereocenters. The van der Waals surface area contributed by atoms with Crippen LogP contribution in [0.3, 0.4) is 0 Å². The summed E-state index contributed by atoms with van der Waals surface area (Å²) in [7, 11) is 0. The van der Waals surface area contributed by atoms with Crippen LogP contribution in [0, 0.1) is 0 Å². The molecule has 1 N–H and O–H groups in total. The Bertz CT molecular complexity index is 571. The van der Waals surface area contributed by atoms with Gasteiger partial charge in [0.1, 0.15) is 5.15 Å². The van der Waals surface area contributed by atoms with Gasteiger partial charge in [-0.15, -0.1) is 0 Å². The van der Waals surface area contributed by atoms with Crippen molar-refractivity contribution in [2.75, 3.05) is 19.6 Å². The minimum Gasteiger partial charge on any atom is -0.303 e. The quantitative estimate of drug-likeness (QED) is 0.863. The molecule has 1 saturated heterocycles. The number of hydrogen-bond donors (Lipinski definition) is 1. The lowest BCUT2D eigenvalue weighted by molar-refractivity contribution is 0.182. The van der Waals surface area contributed by atoms with Crippen LogP contribution in [0.2, 0.25) is 5.15 Å². The third-order valence-electron chi connectivity index (χ3n) is 3.99. The monoisotopic (exact) mass is 299 g/mol. The number of hydrogen-bond acceptors (Lipinski definition) is 3. The minimum absolute atomic E-state index is 0.0121. The molecular formula is C14H22ClN3O2. The fraction of sp³-hybridized carbons (Fsp3) is 0.714. The molecule has 0 bridgehead atoms. The molecule has 0 radical (unpaired) electrons. The highest BCUT2D eigenvalue weighted by molar-refractivity contribution is 6.30. The van der Waals surface area contributed by atoms with E-state index in [1.807, 2.05) is 6.92 Å². The zero-order chi connectivity index (χ0) is 14.7. The first-order chi connectivity index (χ1) is 9.58. The van der Waals surface area contributed by atoms with Crippen LogP contribution in [-0.2, 0) is 6.42 Å². The number of aromatic amines is 1. The number of rotatable bonds is 4. The molecule has 1 aromatic rings. The van der Waals surface area contributed by atoms with Gasteiger partial charge in [0.25, 0.3) is 5.56 Å². The maximum absolute atomic E-state index is 12.4. The molecule has 0 aromatic carbocycles. The second-order valence-electron chi connectivity index (χ2n) is 5.32. The van der Waals surface area contributed by atoms with E-state index in [1.165, 1.54) is 4.57 Å². The van der Waals surface area contributed by atoms with E-state index < -0.39 is 0 Å². The molecule has 1 fully saturated rings. The standard InChI is InChI=1S/C14H22ClN3O2/c1-3-7-17-8-5-10(6-9-17)18-13(19)11(4-2)12(15)16-14(18)20/h10H,3-9H2,1-2H3,(H,16,20). The average molecular weight is 300 g/mol. The van der Waals surface area contributed by atoms with Crippen molar-refractivity contribution in [1.82, 2.24) is 14.5 Å². The molecule has 1 aliphatic heterocycles. The summed E-state index contributed by atoms with van der Waals surface area (Å²) in [5.41, 5.74) is -0.108. The third-order valence-corrected chi connectivity index (χ3v) is 4.32. The Kier molecular flexibility index (Phi) is 5.05. The number of halogens is 1. The Labute approximate surface area is 123 Å². The van der Waals surface area contributed by atoms with Crippen molar-refractivity contribution in [1.29, 1.82) is 0 Å². The number of nitrogens with zero attached hydrogens (tertiary/aromatic N) is 2. The van der Waals surface area contributed by atoms with E-state index in [-0.39, 0.29) is 22.4 Å². The van der Waals surface area contributed by atoms with Crippen molar-refractivity contribution in [2.24, 2.45) is 0 Å². The van der Waals surface area contributed by atoms with E-state index >= 15 is 0 Å². The molecule has 112 valence electrons. The number of aromatic nitrogens is 2. The molecule has 2 heterocycles. The predicted molar refractivity (Wildman–Crippen MR) is 80.7 cm³/mol. The smallest absolute Gasteiger partial charge is 0.303 e. The first-order valence-corrected chi connectivity index (χ1v) is 7.71. The number of likely N-dealkylation sites (tertiary alicyclic amines) is 1. The van der Waals surface area contributed by atoms with Gasteiger partial charge in [-0.3, -0.25) is 14.3 Å². The van der Waals surface area contributed by atoms with Gasteiger partial charge in [0.05, 0.1) is 5.56 Å². The highest BCUT2D eigenvalue weighted by Crippen LogP contribution is 2.20. The molecule has 5 nitrogen and oxygen atoms in total. The zero-order valence-electron chi connectivity index (χ0n) is 12.1. The minimum atomic E-state index is -0.383. The second kappa shape index (κ2) is 6.59.